The number of hydrogen-bond donors (Lipinski definition) is 1. The average Bonchev–Trinajstić information content (AvgIpc) is 3.43. The van der Waals surface area contributed by atoms with Crippen molar-refractivity contribution < 1.29 is 14.3 Å². The lowest BCUT2D eigenvalue weighted by Gasteiger charge is -2.61. The minimum Gasteiger partial charge on any atom is -0.383 e. The van der Waals surface area contributed by atoms with Gasteiger partial charge in [-0.25, -0.2) is 0 Å². The summed E-state index contributed by atoms with van der Waals surface area (Å²) in [5.41, 5.74) is 0.853. The van der Waals surface area contributed by atoms with Gasteiger partial charge in [-0.15, -0.1) is 5.10 Å². The third-order valence-corrected chi connectivity index (χ3v) is 11.0. The fourth-order valence-corrected chi connectivity index (χ4v) is 9.09. The van der Waals surface area contributed by atoms with Gasteiger partial charge in [0.2, 0.25) is 0 Å². The van der Waals surface area contributed by atoms with Crippen molar-refractivity contribution in [2.45, 2.75) is 85.1 Å². The first-order valence-electron chi connectivity index (χ1n) is 14.0. The standard InChI is InChI=1S/C28H44N4O3/c1-18-9-11-27(2)19(15-18)5-6-20-21-7-8-23(28(21,3)12-10-22(20)27)25(33)17-32-30-16-24(31-32)26(34)29-13-14-35-4/h16,18-23H,5-15,17H2,1-4H3,(H,29,34). The number of carbonyl (C=O) groups is 2. The van der Waals surface area contributed by atoms with E-state index in [0.717, 1.165) is 30.1 Å². The van der Waals surface area contributed by atoms with Crippen LogP contribution < -0.4 is 5.32 Å². The number of hydrogen-bond acceptors (Lipinski definition) is 5. The van der Waals surface area contributed by atoms with Gasteiger partial charge in [-0.2, -0.15) is 9.90 Å². The number of rotatable bonds is 7. The first kappa shape index (κ1) is 24.9. The molecule has 35 heavy (non-hydrogen) atoms. The highest BCUT2D eigenvalue weighted by atomic mass is 16.5. The van der Waals surface area contributed by atoms with Gasteiger partial charge in [-0.3, -0.25) is 9.59 Å². The molecule has 1 amide bonds. The number of methoxy groups -OCH3 is 1. The minimum atomic E-state index is -0.284. The molecule has 1 aromatic rings. The largest absolute Gasteiger partial charge is 0.383 e. The maximum absolute atomic E-state index is 13.5. The number of ketones is 1. The molecule has 0 spiro atoms. The zero-order valence-corrected chi connectivity index (χ0v) is 22.1. The predicted molar refractivity (Wildman–Crippen MR) is 134 cm³/mol. The van der Waals surface area contributed by atoms with E-state index in [4.69, 9.17) is 4.74 Å². The van der Waals surface area contributed by atoms with E-state index in [1.54, 1.807) is 7.11 Å². The van der Waals surface area contributed by atoms with Crippen LogP contribution >= 0.6 is 0 Å². The van der Waals surface area contributed by atoms with E-state index in [-0.39, 0.29) is 35.3 Å². The van der Waals surface area contributed by atoms with Crippen LogP contribution in [0.1, 0.15) is 89.0 Å². The minimum absolute atomic E-state index is 0.0790. The Morgan fingerprint density at radius 3 is 2.66 bits per heavy atom. The van der Waals surface area contributed by atoms with E-state index in [2.05, 4.69) is 36.3 Å². The number of fused-ring (bicyclic) bond motifs is 5. The monoisotopic (exact) mass is 484 g/mol. The van der Waals surface area contributed by atoms with Gasteiger partial charge >= 0.3 is 0 Å². The van der Waals surface area contributed by atoms with Crippen molar-refractivity contribution in [1.82, 2.24) is 20.3 Å². The van der Waals surface area contributed by atoms with Crippen LogP contribution in [0.2, 0.25) is 0 Å². The summed E-state index contributed by atoms with van der Waals surface area (Å²) in [4.78, 5) is 27.2. The van der Waals surface area contributed by atoms with Crippen LogP contribution in [0.5, 0.6) is 0 Å². The number of nitrogens with zero attached hydrogens (tertiary/aromatic N) is 3. The Bertz CT molecular complexity index is 946. The first-order chi connectivity index (χ1) is 16.8. The highest BCUT2D eigenvalue weighted by molar-refractivity contribution is 5.91. The fourth-order valence-electron chi connectivity index (χ4n) is 9.09. The molecule has 4 aliphatic rings. The van der Waals surface area contributed by atoms with Crippen molar-refractivity contribution in [2.24, 2.45) is 46.3 Å². The summed E-state index contributed by atoms with van der Waals surface area (Å²) in [6.45, 7) is 8.50. The molecule has 8 unspecified atom stereocenters. The summed E-state index contributed by atoms with van der Waals surface area (Å²) < 4.78 is 4.96. The second-order valence-electron chi connectivity index (χ2n) is 12.7. The molecule has 8 atom stereocenters. The molecule has 4 aliphatic carbocycles. The summed E-state index contributed by atoms with van der Waals surface area (Å²) in [7, 11) is 1.59. The molecule has 0 aromatic carbocycles. The van der Waals surface area contributed by atoms with Gasteiger partial charge in [0.15, 0.2) is 11.5 Å². The van der Waals surface area contributed by atoms with Crippen molar-refractivity contribution in [1.29, 1.82) is 0 Å². The van der Waals surface area contributed by atoms with Crippen molar-refractivity contribution in [3.05, 3.63) is 11.9 Å². The van der Waals surface area contributed by atoms with Crippen molar-refractivity contribution in [2.75, 3.05) is 20.3 Å². The van der Waals surface area contributed by atoms with Crippen molar-refractivity contribution >= 4 is 11.7 Å². The number of amides is 1. The third-order valence-electron chi connectivity index (χ3n) is 11.0. The van der Waals surface area contributed by atoms with E-state index in [1.165, 1.54) is 62.4 Å². The van der Waals surface area contributed by atoms with Crippen molar-refractivity contribution in [3.8, 4) is 0 Å². The van der Waals surface area contributed by atoms with Crippen molar-refractivity contribution in [3.63, 3.8) is 0 Å². The summed E-state index contributed by atoms with van der Waals surface area (Å²) >= 11 is 0. The van der Waals surface area contributed by atoms with Gasteiger partial charge in [-0.05, 0) is 91.8 Å². The zero-order valence-electron chi connectivity index (χ0n) is 22.1. The second kappa shape index (κ2) is 9.60. The molecule has 0 saturated heterocycles. The summed E-state index contributed by atoms with van der Waals surface area (Å²) in [5.74, 6) is 4.12. The molecule has 7 heteroatoms. The quantitative estimate of drug-likeness (QED) is 0.575. The Labute approximate surface area is 210 Å². The first-order valence-corrected chi connectivity index (χ1v) is 14.0. The Morgan fingerprint density at radius 2 is 1.86 bits per heavy atom. The van der Waals surface area contributed by atoms with Crippen LogP contribution in [0.25, 0.3) is 0 Å². The Balaban J connectivity index is 1.25. The number of Topliss-reactive ketones (excluding diaryl/α,β-unsaturated/α-hetero) is 1. The molecule has 4 fully saturated rings. The molecular weight excluding hydrogens is 440 g/mol. The molecule has 0 aliphatic heterocycles. The summed E-state index contributed by atoms with van der Waals surface area (Å²) in [6, 6.07) is 0. The highest BCUT2D eigenvalue weighted by Gasteiger charge is 2.60. The second-order valence-corrected chi connectivity index (χ2v) is 12.7. The molecule has 4 saturated carbocycles. The lowest BCUT2D eigenvalue weighted by atomic mass is 9.44. The molecule has 1 aromatic heterocycles. The van der Waals surface area contributed by atoms with Crippen LogP contribution in [-0.2, 0) is 16.1 Å². The predicted octanol–water partition coefficient (Wildman–Crippen LogP) is 4.52. The molecule has 7 nitrogen and oxygen atoms in total. The lowest BCUT2D eigenvalue weighted by molar-refractivity contribution is -0.137. The lowest BCUT2D eigenvalue weighted by Crippen LogP contribution is -2.53. The summed E-state index contributed by atoms with van der Waals surface area (Å²) in [6.07, 6.45) is 13.1. The third kappa shape index (κ3) is 4.36. The Morgan fingerprint density at radius 1 is 1.09 bits per heavy atom. The van der Waals surface area contributed by atoms with E-state index in [9.17, 15) is 9.59 Å². The summed E-state index contributed by atoms with van der Waals surface area (Å²) in [5, 5.41) is 11.3. The smallest absolute Gasteiger partial charge is 0.273 e. The average molecular weight is 485 g/mol. The topological polar surface area (TPSA) is 86.1 Å². The maximum atomic E-state index is 13.5. The van der Waals surface area contributed by atoms with Gasteiger partial charge in [-0.1, -0.05) is 27.2 Å². The number of aromatic nitrogens is 3. The van der Waals surface area contributed by atoms with Crippen LogP contribution in [-0.4, -0.2) is 46.9 Å². The zero-order chi connectivity index (χ0) is 24.8. The molecule has 5 rings (SSSR count). The number of ether oxygens (including phenoxy) is 1. The molecule has 194 valence electrons. The molecule has 1 N–H and O–H groups in total. The molecule has 0 bridgehead atoms. The normalized spacial score (nSPS) is 40.5. The van der Waals surface area contributed by atoms with E-state index < -0.39 is 0 Å². The SMILES string of the molecule is COCCNC(=O)c1cnn(CC(=O)C2CCC3C4CCC5CC(C)CCC5(C)C4CCC23C)n1. The van der Waals surface area contributed by atoms with Gasteiger partial charge < -0.3 is 10.1 Å². The fraction of sp³-hybridized carbons (Fsp3) is 0.857. The Hall–Kier alpha value is -1.76. The van der Waals surface area contributed by atoms with Gasteiger partial charge in [0.05, 0.1) is 12.8 Å². The number of carbonyl (C=O) groups excluding carboxylic acids is 2. The van der Waals surface area contributed by atoms with Crippen LogP contribution in [0.3, 0.4) is 0 Å². The van der Waals surface area contributed by atoms with Crippen LogP contribution in [0.4, 0.5) is 0 Å². The molecule has 1 heterocycles. The Kier molecular flexibility index (Phi) is 6.84. The van der Waals surface area contributed by atoms with E-state index in [1.807, 2.05) is 0 Å². The van der Waals surface area contributed by atoms with E-state index >= 15 is 0 Å². The van der Waals surface area contributed by atoms with Gasteiger partial charge in [0.1, 0.15) is 6.54 Å². The van der Waals surface area contributed by atoms with Crippen LogP contribution in [0.15, 0.2) is 6.20 Å². The molecule has 0 radical (unpaired) electrons. The van der Waals surface area contributed by atoms with Gasteiger partial charge in [0, 0.05) is 19.6 Å². The van der Waals surface area contributed by atoms with E-state index in [0.29, 0.717) is 24.5 Å². The highest BCUT2D eigenvalue weighted by Crippen LogP contribution is 2.67. The molecular formula is C28H44N4O3. The number of nitrogens with one attached hydrogen (secondary N) is 1. The maximum Gasteiger partial charge on any atom is 0.273 e. The van der Waals surface area contributed by atoms with Crippen LogP contribution in [0, 0.1) is 46.3 Å². The van der Waals surface area contributed by atoms with Gasteiger partial charge in [0.25, 0.3) is 5.91 Å².